The van der Waals surface area contributed by atoms with E-state index in [2.05, 4.69) is 28.6 Å². The van der Waals surface area contributed by atoms with Gasteiger partial charge in [0.25, 0.3) is 0 Å². The number of rotatable bonds is 4. The van der Waals surface area contributed by atoms with Gasteiger partial charge in [0.15, 0.2) is 11.5 Å². The van der Waals surface area contributed by atoms with Crippen LogP contribution in [-0.2, 0) is 22.3 Å². The van der Waals surface area contributed by atoms with E-state index in [1.807, 2.05) is 0 Å². The van der Waals surface area contributed by atoms with E-state index in [0.717, 1.165) is 0 Å². The standard InChI is InChI=1S/C5H6N6.H5O10P3/c6-3-2-4(9-1-8-2)11-5(7)10-3;1-11(2,3)9-13(7,8)10-12(4,5)6/h1H,(H5,6,7,8,9,10,11);(H,7,8)(H2,1,2,3)(H2,4,5,6). The molecule has 0 spiro atoms. The number of aromatic amines is 1. The van der Waals surface area contributed by atoms with Crippen molar-refractivity contribution in [3.63, 3.8) is 0 Å². The number of nitrogens with two attached hydrogens (primary N) is 2. The van der Waals surface area contributed by atoms with Crippen molar-refractivity contribution < 1.29 is 46.8 Å². The Balaban J connectivity index is 0.000000242. The average Bonchev–Trinajstić information content (AvgIpc) is 2.70. The normalized spacial score (nSPS) is 12.7. The summed E-state index contributed by atoms with van der Waals surface area (Å²) in [5.41, 5.74) is 11.9. The Hall–Kier alpha value is -1.44. The Kier molecular flexibility index (Phi) is 6.19. The number of nitrogen functional groups attached to an aromatic ring is 2. The molecule has 0 atom stereocenters. The molecule has 2 rings (SSSR count). The van der Waals surface area contributed by atoms with Gasteiger partial charge < -0.3 is 40.9 Å². The molecule has 10 N–H and O–H groups in total. The van der Waals surface area contributed by atoms with Crippen LogP contribution in [0.5, 0.6) is 0 Å². The third kappa shape index (κ3) is 7.42. The predicted octanol–water partition coefficient (Wildman–Crippen LogP) is -1.18. The van der Waals surface area contributed by atoms with Crippen LogP contribution in [0.1, 0.15) is 0 Å². The molecule has 136 valence electrons. The highest BCUT2D eigenvalue weighted by molar-refractivity contribution is 7.66. The molecule has 2 heterocycles. The Morgan fingerprint density at radius 2 is 1.46 bits per heavy atom. The lowest BCUT2D eigenvalue weighted by Crippen LogP contribution is -1.99. The van der Waals surface area contributed by atoms with Gasteiger partial charge in [-0.25, -0.2) is 18.7 Å². The number of imidazole rings is 1. The van der Waals surface area contributed by atoms with Gasteiger partial charge in [-0.05, 0) is 0 Å². The second kappa shape index (κ2) is 7.21. The molecule has 0 aliphatic rings. The molecule has 2 aromatic rings. The van der Waals surface area contributed by atoms with Crippen LogP contribution in [0.3, 0.4) is 0 Å². The molecular formula is C5H11N6O10P3. The summed E-state index contributed by atoms with van der Waals surface area (Å²) in [7, 11) is -16.2. The van der Waals surface area contributed by atoms with E-state index in [-0.39, 0.29) is 5.95 Å². The molecule has 0 unspecified atom stereocenters. The van der Waals surface area contributed by atoms with Crippen molar-refractivity contribution >= 4 is 46.4 Å². The zero-order valence-corrected chi connectivity index (χ0v) is 13.9. The quantitative estimate of drug-likeness (QED) is 0.276. The minimum absolute atomic E-state index is 0.141. The molecule has 0 saturated heterocycles. The van der Waals surface area contributed by atoms with Crippen LogP contribution in [0.25, 0.3) is 11.2 Å². The molecule has 0 saturated carbocycles. The van der Waals surface area contributed by atoms with E-state index >= 15 is 0 Å². The second-order valence-electron chi connectivity index (χ2n) is 3.68. The average molecular weight is 408 g/mol. The van der Waals surface area contributed by atoms with Crippen LogP contribution in [0.4, 0.5) is 11.8 Å². The van der Waals surface area contributed by atoms with Gasteiger partial charge in [0.05, 0.1) is 6.33 Å². The molecule has 0 amide bonds. The van der Waals surface area contributed by atoms with Crippen molar-refractivity contribution in [2.45, 2.75) is 0 Å². The first-order valence-electron chi connectivity index (χ1n) is 5.27. The first-order valence-corrected chi connectivity index (χ1v) is 9.83. The van der Waals surface area contributed by atoms with Crippen LogP contribution in [0.15, 0.2) is 6.33 Å². The van der Waals surface area contributed by atoms with E-state index in [4.69, 9.17) is 35.9 Å². The molecule has 0 aromatic carbocycles. The summed E-state index contributed by atoms with van der Waals surface area (Å²) >= 11 is 0. The van der Waals surface area contributed by atoms with Gasteiger partial charge in [0.1, 0.15) is 5.52 Å². The lowest BCUT2D eigenvalue weighted by Gasteiger charge is -2.11. The number of hydrogen-bond acceptors (Lipinski definition) is 10. The molecule has 0 aliphatic carbocycles. The fourth-order valence-corrected chi connectivity index (χ4v) is 3.70. The van der Waals surface area contributed by atoms with Crippen molar-refractivity contribution in [3.05, 3.63) is 6.33 Å². The summed E-state index contributed by atoms with van der Waals surface area (Å²) in [5.74, 6) is 0.465. The molecule has 0 aliphatic heterocycles. The first-order chi connectivity index (χ1) is 10.7. The monoisotopic (exact) mass is 408 g/mol. The van der Waals surface area contributed by atoms with Gasteiger partial charge in [0.2, 0.25) is 5.95 Å². The Morgan fingerprint density at radius 3 is 1.92 bits per heavy atom. The maximum Gasteiger partial charge on any atom is 0.490 e. The molecule has 0 radical (unpaired) electrons. The van der Waals surface area contributed by atoms with Gasteiger partial charge in [-0.3, -0.25) is 0 Å². The van der Waals surface area contributed by atoms with E-state index in [1.54, 1.807) is 0 Å². The summed E-state index contributed by atoms with van der Waals surface area (Å²) in [6.07, 6.45) is 1.50. The number of H-pyrrole nitrogens is 1. The van der Waals surface area contributed by atoms with Gasteiger partial charge in [-0.1, -0.05) is 0 Å². The number of nitrogens with one attached hydrogen (secondary N) is 1. The minimum atomic E-state index is -5.46. The van der Waals surface area contributed by atoms with Gasteiger partial charge in [0, 0.05) is 0 Å². The molecule has 2 aromatic heterocycles. The fraction of sp³-hybridized carbons (Fsp3) is 0. The van der Waals surface area contributed by atoms with Crippen molar-refractivity contribution in [1.82, 2.24) is 19.9 Å². The minimum Gasteiger partial charge on any atom is -0.382 e. The topological polar surface area (TPSA) is 277 Å². The summed E-state index contributed by atoms with van der Waals surface area (Å²) in [6.45, 7) is 0. The van der Waals surface area contributed by atoms with Crippen LogP contribution in [0, 0.1) is 0 Å². The first kappa shape index (κ1) is 20.6. The lowest BCUT2D eigenvalue weighted by molar-refractivity contribution is 0.204. The number of aromatic nitrogens is 4. The SMILES string of the molecule is Nc1nc(N)c2[nH]cnc2n1.O=P(O)(O)OP(=O)(O)OP(=O)(O)O. The highest BCUT2D eigenvalue weighted by atomic mass is 31.3. The van der Waals surface area contributed by atoms with Crippen LogP contribution in [-0.4, -0.2) is 44.4 Å². The molecule has 24 heavy (non-hydrogen) atoms. The van der Waals surface area contributed by atoms with Gasteiger partial charge >= 0.3 is 23.5 Å². The van der Waals surface area contributed by atoms with Gasteiger partial charge in [-0.2, -0.15) is 18.6 Å². The van der Waals surface area contributed by atoms with E-state index in [9.17, 15) is 13.7 Å². The van der Waals surface area contributed by atoms with Crippen LogP contribution >= 0.6 is 23.5 Å². The number of fused-ring (bicyclic) bond motifs is 1. The molecule has 0 fully saturated rings. The second-order valence-corrected chi connectivity index (χ2v) is 7.89. The third-order valence-electron chi connectivity index (χ3n) is 1.75. The number of anilines is 2. The van der Waals surface area contributed by atoms with E-state index in [1.165, 1.54) is 6.33 Å². The summed E-state index contributed by atoms with van der Waals surface area (Å²) in [4.78, 5) is 54.5. The fourth-order valence-electron chi connectivity index (χ4n) is 1.16. The summed E-state index contributed by atoms with van der Waals surface area (Å²) in [5, 5.41) is 0. The third-order valence-corrected chi connectivity index (χ3v) is 5.10. The van der Waals surface area contributed by atoms with Crippen molar-refractivity contribution in [2.24, 2.45) is 0 Å². The summed E-state index contributed by atoms with van der Waals surface area (Å²) < 4.78 is 36.4. The number of nitrogens with zero attached hydrogens (tertiary/aromatic N) is 3. The molecule has 16 nitrogen and oxygen atoms in total. The predicted molar refractivity (Wildman–Crippen MR) is 76.6 cm³/mol. The summed E-state index contributed by atoms with van der Waals surface area (Å²) in [6, 6.07) is 0. The van der Waals surface area contributed by atoms with Crippen molar-refractivity contribution in [1.29, 1.82) is 0 Å². The molecule has 19 heteroatoms. The maximum atomic E-state index is 10.4. The zero-order chi connectivity index (χ0) is 18.8. The van der Waals surface area contributed by atoms with E-state index < -0.39 is 23.5 Å². The van der Waals surface area contributed by atoms with Crippen molar-refractivity contribution in [3.8, 4) is 0 Å². The van der Waals surface area contributed by atoms with Crippen LogP contribution < -0.4 is 11.5 Å². The number of phosphoric acid groups is 3. The molecular weight excluding hydrogens is 397 g/mol. The smallest absolute Gasteiger partial charge is 0.382 e. The van der Waals surface area contributed by atoms with Gasteiger partial charge in [-0.15, -0.1) is 0 Å². The zero-order valence-electron chi connectivity index (χ0n) is 11.2. The lowest BCUT2D eigenvalue weighted by atomic mass is 10.5. The Bertz CT molecular complexity index is 828. The van der Waals surface area contributed by atoms with Crippen molar-refractivity contribution in [2.75, 3.05) is 11.5 Å². The van der Waals surface area contributed by atoms with Crippen LogP contribution in [0.2, 0.25) is 0 Å². The maximum absolute atomic E-state index is 10.4. The van der Waals surface area contributed by atoms with E-state index in [0.29, 0.717) is 17.0 Å². The highest BCUT2D eigenvalue weighted by Gasteiger charge is 2.38. The largest absolute Gasteiger partial charge is 0.490 e. The number of hydrogen-bond donors (Lipinski definition) is 8. The molecule has 0 bridgehead atoms. The Labute approximate surface area is 132 Å². The highest BCUT2D eigenvalue weighted by Crippen LogP contribution is 2.64. The Morgan fingerprint density at radius 1 is 0.958 bits per heavy atom.